The molecule has 9 nitrogen and oxygen atoms in total. The van der Waals surface area contributed by atoms with E-state index in [1.165, 1.54) is 12.1 Å². The average molecular weight is 510 g/mol. The molecule has 0 aromatic heterocycles. The predicted octanol–water partition coefficient (Wildman–Crippen LogP) is 5.78. The molecule has 0 saturated heterocycles. The van der Waals surface area contributed by atoms with Crippen LogP contribution in [0.3, 0.4) is 0 Å². The highest BCUT2D eigenvalue weighted by Crippen LogP contribution is 2.40. The van der Waals surface area contributed by atoms with Gasteiger partial charge in [-0.25, -0.2) is 13.3 Å². The van der Waals surface area contributed by atoms with Crippen LogP contribution in [0.15, 0.2) is 60.7 Å². The number of ether oxygens (including phenoxy) is 2. The number of carbonyl (C=O) groups excluding carboxylic acids is 1. The minimum Gasteiger partial charge on any atom is -0.465 e. The summed E-state index contributed by atoms with van der Waals surface area (Å²) in [6, 6.07) is 12.2. The standard InChI is InChI=1S/C22H17F3N2O7S/c1-13-3-5-14(6-4-13)26(35(31)32)19-9-7-15(11-17(19)21(28)33-2)34-16-8-10-20(27(29)30)18(12-16)22(23,24)25/h3-12H,1-2H3,(H,31,32). The molecule has 0 spiro atoms. The van der Waals surface area contributed by atoms with E-state index in [1.807, 2.05) is 6.92 Å². The lowest BCUT2D eigenvalue weighted by molar-refractivity contribution is -0.388. The SMILES string of the molecule is COC(=O)c1cc(Oc2ccc([N+](=O)[O-])c(C(F)(F)F)c2)ccc1N(c1ccc(C)cc1)S(=O)O. The maximum absolute atomic E-state index is 13.3. The van der Waals surface area contributed by atoms with Gasteiger partial charge in [0, 0.05) is 6.07 Å². The summed E-state index contributed by atoms with van der Waals surface area (Å²) in [5.41, 5.74) is -1.74. The molecular formula is C22H17F3N2O7S. The van der Waals surface area contributed by atoms with Crippen LogP contribution in [0.25, 0.3) is 0 Å². The van der Waals surface area contributed by atoms with Gasteiger partial charge < -0.3 is 9.47 Å². The second-order valence-electron chi connectivity index (χ2n) is 7.07. The fourth-order valence-electron chi connectivity index (χ4n) is 3.12. The van der Waals surface area contributed by atoms with Crippen molar-refractivity contribution in [2.75, 3.05) is 11.4 Å². The van der Waals surface area contributed by atoms with Crippen molar-refractivity contribution in [1.82, 2.24) is 0 Å². The zero-order valence-corrected chi connectivity index (χ0v) is 18.9. The van der Waals surface area contributed by atoms with Crippen LogP contribution in [0.1, 0.15) is 21.5 Å². The number of nitrogens with zero attached hydrogens (tertiary/aromatic N) is 2. The Kier molecular flexibility index (Phi) is 7.41. The van der Waals surface area contributed by atoms with Crippen molar-refractivity contribution in [2.45, 2.75) is 13.1 Å². The molecule has 1 unspecified atom stereocenters. The van der Waals surface area contributed by atoms with E-state index in [1.54, 1.807) is 24.3 Å². The first-order valence-corrected chi connectivity index (χ1v) is 10.7. The van der Waals surface area contributed by atoms with E-state index in [0.29, 0.717) is 12.1 Å². The maximum Gasteiger partial charge on any atom is 0.423 e. The zero-order valence-electron chi connectivity index (χ0n) is 18.1. The smallest absolute Gasteiger partial charge is 0.423 e. The Bertz CT molecular complexity index is 1300. The van der Waals surface area contributed by atoms with Crippen molar-refractivity contribution in [2.24, 2.45) is 0 Å². The summed E-state index contributed by atoms with van der Waals surface area (Å²) in [5, 5.41) is 10.9. The Morgan fingerprint density at radius 2 is 1.66 bits per heavy atom. The van der Waals surface area contributed by atoms with Crippen LogP contribution in [0, 0.1) is 17.0 Å². The van der Waals surface area contributed by atoms with Crippen molar-refractivity contribution < 1.29 is 41.1 Å². The number of carbonyl (C=O) groups is 1. The Morgan fingerprint density at radius 1 is 1.06 bits per heavy atom. The number of nitro groups is 1. The van der Waals surface area contributed by atoms with Gasteiger partial charge in [0.05, 0.1) is 29.0 Å². The van der Waals surface area contributed by atoms with Gasteiger partial charge in [-0.05, 0) is 49.4 Å². The quantitative estimate of drug-likeness (QED) is 0.185. The van der Waals surface area contributed by atoms with Crippen molar-refractivity contribution in [3.8, 4) is 11.5 Å². The Morgan fingerprint density at radius 3 is 2.20 bits per heavy atom. The summed E-state index contributed by atoms with van der Waals surface area (Å²) in [7, 11) is 1.08. The summed E-state index contributed by atoms with van der Waals surface area (Å²) >= 11 is -2.61. The monoisotopic (exact) mass is 510 g/mol. The fourth-order valence-corrected chi connectivity index (χ4v) is 3.75. The Hall–Kier alpha value is -3.97. The number of hydrogen-bond donors (Lipinski definition) is 1. The highest BCUT2D eigenvalue weighted by molar-refractivity contribution is 7.81. The van der Waals surface area contributed by atoms with Gasteiger partial charge in [-0.2, -0.15) is 13.2 Å². The van der Waals surface area contributed by atoms with Gasteiger partial charge in [0.1, 0.15) is 17.1 Å². The molecule has 3 aromatic carbocycles. The number of methoxy groups -OCH3 is 1. The number of rotatable bonds is 7. The number of esters is 1. The summed E-state index contributed by atoms with van der Waals surface area (Å²) in [4.78, 5) is 22.2. The number of aryl methyl sites for hydroxylation is 1. The first-order chi connectivity index (χ1) is 16.4. The van der Waals surface area contributed by atoms with Crippen LogP contribution in [0.5, 0.6) is 11.5 Å². The van der Waals surface area contributed by atoms with Crippen LogP contribution in [0.2, 0.25) is 0 Å². The zero-order chi connectivity index (χ0) is 25.9. The van der Waals surface area contributed by atoms with Gasteiger partial charge in [0.15, 0.2) is 0 Å². The molecule has 1 N–H and O–H groups in total. The normalized spacial score (nSPS) is 12.1. The molecule has 0 aliphatic carbocycles. The third-order valence-corrected chi connectivity index (χ3v) is 5.44. The van der Waals surface area contributed by atoms with Gasteiger partial charge in [-0.3, -0.25) is 14.7 Å². The van der Waals surface area contributed by atoms with Crippen LogP contribution in [-0.4, -0.2) is 26.8 Å². The molecule has 0 aliphatic rings. The van der Waals surface area contributed by atoms with E-state index in [9.17, 15) is 36.8 Å². The lowest BCUT2D eigenvalue weighted by atomic mass is 10.1. The molecule has 0 saturated carbocycles. The minimum absolute atomic E-state index is 0.0337. The molecule has 1 atom stereocenters. The summed E-state index contributed by atoms with van der Waals surface area (Å²) in [6.45, 7) is 1.82. The van der Waals surface area contributed by atoms with Crippen LogP contribution < -0.4 is 9.04 Å². The molecule has 3 rings (SSSR count). The van der Waals surface area contributed by atoms with Crippen molar-refractivity contribution >= 4 is 34.3 Å². The highest BCUT2D eigenvalue weighted by Gasteiger charge is 2.38. The van der Waals surface area contributed by atoms with Gasteiger partial charge in [-0.1, -0.05) is 17.7 Å². The molecule has 0 amide bonds. The van der Waals surface area contributed by atoms with E-state index in [-0.39, 0.29) is 28.4 Å². The molecule has 0 radical (unpaired) electrons. The van der Waals surface area contributed by atoms with Gasteiger partial charge >= 0.3 is 12.1 Å². The number of alkyl halides is 3. The number of anilines is 2. The van der Waals surface area contributed by atoms with Gasteiger partial charge in [0.25, 0.3) is 17.0 Å². The second-order valence-corrected chi connectivity index (χ2v) is 7.89. The predicted molar refractivity (Wildman–Crippen MR) is 120 cm³/mol. The number of benzene rings is 3. The topological polar surface area (TPSA) is 119 Å². The lowest BCUT2D eigenvalue weighted by Gasteiger charge is -2.23. The molecule has 13 heteroatoms. The Balaban J connectivity index is 2.07. The third-order valence-electron chi connectivity index (χ3n) is 4.72. The van der Waals surface area contributed by atoms with Crippen molar-refractivity contribution in [1.29, 1.82) is 0 Å². The average Bonchev–Trinajstić information content (AvgIpc) is 2.79. The van der Waals surface area contributed by atoms with Gasteiger partial charge in [0.2, 0.25) is 0 Å². The maximum atomic E-state index is 13.3. The first-order valence-electron chi connectivity index (χ1n) is 9.66. The molecule has 184 valence electrons. The fraction of sp³-hybridized carbons (Fsp3) is 0.136. The third kappa shape index (κ3) is 5.75. The highest BCUT2D eigenvalue weighted by atomic mass is 32.2. The van der Waals surface area contributed by atoms with Crippen LogP contribution >= 0.6 is 0 Å². The van der Waals surface area contributed by atoms with Crippen molar-refractivity contribution in [3.63, 3.8) is 0 Å². The number of nitro benzene ring substituents is 1. The van der Waals surface area contributed by atoms with Gasteiger partial charge in [-0.15, -0.1) is 0 Å². The lowest BCUT2D eigenvalue weighted by Crippen LogP contribution is -2.22. The second kappa shape index (κ2) is 10.1. The van der Waals surface area contributed by atoms with E-state index in [2.05, 4.69) is 0 Å². The molecule has 0 aliphatic heterocycles. The number of hydrogen-bond acceptors (Lipinski definition) is 6. The van der Waals surface area contributed by atoms with Crippen molar-refractivity contribution in [3.05, 3.63) is 87.5 Å². The van der Waals surface area contributed by atoms with E-state index in [0.717, 1.165) is 29.1 Å². The first kappa shape index (κ1) is 25.6. The number of halogens is 3. The van der Waals surface area contributed by atoms with E-state index < -0.39 is 39.6 Å². The molecule has 3 aromatic rings. The van der Waals surface area contributed by atoms with E-state index >= 15 is 0 Å². The summed E-state index contributed by atoms with van der Waals surface area (Å²) < 4.78 is 72.9. The molecule has 0 fully saturated rings. The van der Waals surface area contributed by atoms with E-state index in [4.69, 9.17) is 9.47 Å². The minimum atomic E-state index is -5.01. The molecular weight excluding hydrogens is 493 g/mol. The molecule has 0 heterocycles. The van der Waals surface area contributed by atoms with Crippen LogP contribution in [-0.2, 0) is 22.2 Å². The van der Waals surface area contributed by atoms with Crippen LogP contribution in [0.4, 0.5) is 30.2 Å². The molecule has 35 heavy (non-hydrogen) atoms. The molecule has 0 bridgehead atoms. The summed E-state index contributed by atoms with van der Waals surface area (Å²) in [6.07, 6.45) is -5.01. The largest absolute Gasteiger partial charge is 0.465 e. The summed E-state index contributed by atoms with van der Waals surface area (Å²) in [5.74, 6) is -1.41. The Labute approximate surface area is 199 Å².